The molecule has 3 heterocycles. The van der Waals surface area contributed by atoms with Gasteiger partial charge in [-0.15, -0.1) is 0 Å². The Bertz CT molecular complexity index is 1350. The molecule has 0 bridgehead atoms. The molecule has 0 radical (unpaired) electrons. The first kappa shape index (κ1) is 25.0. The third-order valence-electron chi connectivity index (χ3n) is 7.12. The van der Waals surface area contributed by atoms with Crippen molar-refractivity contribution in [3.63, 3.8) is 0 Å². The third-order valence-corrected chi connectivity index (χ3v) is 7.41. The van der Waals surface area contributed by atoms with Crippen molar-refractivity contribution in [1.29, 1.82) is 0 Å². The Balaban J connectivity index is 1.40. The quantitative estimate of drug-likeness (QED) is 0.368. The predicted octanol–water partition coefficient (Wildman–Crippen LogP) is 5.14. The standard InChI is InChI=1S/C27H28ClN5O4/c28-24-14-20(33(36)37)13-22(26(34)31-10-4-1-5-11-31)25(24)30-19-8-6-12-32(17-19)27(35)23-16-29-15-18-7-2-3-9-21(18)23/h2-3,7,9,13-16,19,30H,1,4-6,8,10-12,17H2/t19-/m1/s1. The first-order valence-electron chi connectivity index (χ1n) is 12.6. The fraction of sp³-hybridized carbons (Fsp3) is 0.370. The number of halogens is 1. The van der Waals surface area contributed by atoms with Crippen molar-refractivity contribution < 1.29 is 14.5 Å². The molecule has 2 aliphatic heterocycles. The van der Waals surface area contributed by atoms with Crippen LogP contribution in [0.2, 0.25) is 5.02 Å². The number of rotatable bonds is 5. The van der Waals surface area contributed by atoms with Gasteiger partial charge in [0, 0.05) is 62.1 Å². The van der Waals surface area contributed by atoms with Crippen LogP contribution in [0.4, 0.5) is 11.4 Å². The maximum atomic E-state index is 13.5. The zero-order valence-corrected chi connectivity index (χ0v) is 21.1. The number of nitrogens with zero attached hydrogens (tertiary/aromatic N) is 4. The van der Waals surface area contributed by atoms with E-state index in [4.69, 9.17) is 11.6 Å². The number of likely N-dealkylation sites (tertiary alicyclic amines) is 2. The number of hydrogen-bond donors (Lipinski definition) is 1. The third kappa shape index (κ3) is 5.22. The molecular weight excluding hydrogens is 494 g/mol. The van der Waals surface area contributed by atoms with Gasteiger partial charge in [-0.1, -0.05) is 35.9 Å². The van der Waals surface area contributed by atoms with Gasteiger partial charge >= 0.3 is 0 Å². The lowest BCUT2D eigenvalue weighted by Gasteiger charge is -2.35. The van der Waals surface area contributed by atoms with E-state index in [9.17, 15) is 19.7 Å². The van der Waals surface area contributed by atoms with Gasteiger partial charge in [0.15, 0.2) is 0 Å². The van der Waals surface area contributed by atoms with Crippen LogP contribution in [0.25, 0.3) is 10.8 Å². The Kier molecular flexibility index (Phi) is 7.23. The van der Waals surface area contributed by atoms with Crippen LogP contribution in [0.3, 0.4) is 0 Å². The highest BCUT2D eigenvalue weighted by Crippen LogP contribution is 2.34. The van der Waals surface area contributed by atoms with Crippen molar-refractivity contribution >= 4 is 45.6 Å². The predicted molar refractivity (Wildman–Crippen MR) is 142 cm³/mol. The van der Waals surface area contributed by atoms with E-state index in [0.717, 1.165) is 42.9 Å². The normalized spacial score (nSPS) is 18.0. The lowest BCUT2D eigenvalue weighted by atomic mass is 10.0. The van der Waals surface area contributed by atoms with Gasteiger partial charge in [-0.25, -0.2) is 0 Å². The molecule has 2 amide bonds. The summed E-state index contributed by atoms with van der Waals surface area (Å²) in [5.41, 5.74) is 0.907. The van der Waals surface area contributed by atoms with Crippen LogP contribution >= 0.6 is 11.6 Å². The van der Waals surface area contributed by atoms with Crippen molar-refractivity contribution in [2.24, 2.45) is 0 Å². The van der Waals surface area contributed by atoms with E-state index in [-0.39, 0.29) is 34.1 Å². The topological polar surface area (TPSA) is 109 Å². The number of amides is 2. The fourth-order valence-electron chi connectivity index (χ4n) is 5.22. The Morgan fingerprint density at radius 2 is 1.70 bits per heavy atom. The average molecular weight is 522 g/mol. The highest BCUT2D eigenvalue weighted by molar-refractivity contribution is 6.34. The second-order valence-corrected chi connectivity index (χ2v) is 10.0. The van der Waals surface area contributed by atoms with E-state index in [1.807, 2.05) is 24.3 Å². The summed E-state index contributed by atoms with van der Waals surface area (Å²) >= 11 is 6.51. The number of anilines is 1. The minimum absolute atomic E-state index is 0.102. The molecule has 0 aliphatic carbocycles. The van der Waals surface area contributed by atoms with E-state index in [2.05, 4.69) is 10.3 Å². The maximum absolute atomic E-state index is 13.5. The minimum atomic E-state index is -0.540. The van der Waals surface area contributed by atoms with Crippen molar-refractivity contribution in [3.8, 4) is 0 Å². The zero-order chi connectivity index (χ0) is 25.9. The molecule has 2 saturated heterocycles. The first-order chi connectivity index (χ1) is 17.9. The summed E-state index contributed by atoms with van der Waals surface area (Å²) in [5.74, 6) is -0.367. The van der Waals surface area contributed by atoms with Crippen LogP contribution in [-0.2, 0) is 0 Å². The maximum Gasteiger partial charge on any atom is 0.271 e. The number of non-ortho nitro benzene ring substituents is 1. The summed E-state index contributed by atoms with van der Waals surface area (Å²) in [4.78, 5) is 45.6. The molecule has 1 N–H and O–H groups in total. The summed E-state index contributed by atoms with van der Waals surface area (Å²) < 4.78 is 0. The molecule has 2 fully saturated rings. The van der Waals surface area contributed by atoms with Gasteiger partial charge in [0.25, 0.3) is 17.5 Å². The van der Waals surface area contributed by atoms with E-state index in [1.54, 1.807) is 22.2 Å². The molecule has 0 unspecified atom stereocenters. The van der Waals surface area contributed by atoms with Gasteiger partial charge in [0.1, 0.15) is 0 Å². The molecule has 5 rings (SSSR count). The van der Waals surface area contributed by atoms with Crippen molar-refractivity contribution in [1.82, 2.24) is 14.8 Å². The number of carbonyl (C=O) groups excluding carboxylic acids is 2. The smallest absolute Gasteiger partial charge is 0.271 e. The molecule has 0 spiro atoms. The monoisotopic (exact) mass is 521 g/mol. The molecule has 10 heteroatoms. The van der Waals surface area contributed by atoms with Crippen LogP contribution in [0.15, 0.2) is 48.8 Å². The lowest BCUT2D eigenvalue weighted by Crippen LogP contribution is -2.45. The number of benzene rings is 2. The molecule has 1 atom stereocenters. The summed E-state index contributed by atoms with van der Waals surface area (Å²) in [6.07, 6.45) is 7.74. The highest BCUT2D eigenvalue weighted by Gasteiger charge is 2.30. The summed E-state index contributed by atoms with van der Waals surface area (Å²) in [5, 5.41) is 16.7. The number of carbonyl (C=O) groups is 2. The van der Waals surface area contributed by atoms with Crippen LogP contribution < -0.4 is 5.32 Å². The number of pyridine rings is 1. The van der Waals surface area contributed by atoms with Crippen molar-refractivity contribution in [2.75, 3.05) is 31.5 Å². The van der Waals surface area contributed by atoms with Crippen LogP contribution in [0, 0.1) is 10.1 Å². The van der Waals surface area contributed by atoms with Crippen LogP contribution in [-0.4, -0.2) is 63.7 Å². The molecule has 1 aromatic heterocycles. The van der Waals surface area contributed by atoms with Gasteiger partial charge < -0.3 is 15.1 Å². The lowest BCUT2D eigenvalue weighted by molar-refractivity contribution is -0.384. The molecule has 37 heavy (non-hydrogen) atoms. The molecule has 2 aromatic carbocycles. The second-order valence-electron chi connectivity index (χ2n) is 9.60. The van der Waals surface area contributed by atoms with Gasteiger partial charge in [-0.05, 0) is 37.5 Å². The van der Waals surface area contributed by atoms with Gasteiger partial charge in [-0.2, -0.15) is 0 Å². The van der Waals surface area contributed by atoms with Crippen LogP contribution in [0.5, 0.6) is 0 Å². The van der Waals surface area contributed by atoms with E-state index >= 15 is 0 Å². The SMILES string of the molecule is O=C(c1cc([N+](=O)[O-])cc(Cl)c1N[C@@H]1CCCN(C(=O)c2cncc3ccccc23)C1)N1CCCCC1. The summed E-state index contributed by atoms with van der Waals surface area (Å²) in [6, 6.07) is 10.1. The van der Waals surface area contributed by atoms with Crippen molar-refractivity contribution in [3.05, 3.63) is 75.1 Å². The van der Waals surface area contributed by atoms with Gasteiger partial charge in [0.05, 0.1) is 26.8 Å². The molecule has 9 nitrogen and oxygen atoms in total. The Morgan fingerprint density at radius 3 is 2.49 bits per heavy atom. The zero-order valence-electron chi connectivity index (χ0n) is 20.4. The van der Waals surface area contributed by atoms with E-state index in [1.165, 1.54) is 12.1 Å². The number of fused-ring (bicyclic) bond motifs is 1. The van der Waals surface area contributed by atoms with Crippen molar-refractivity contribution in [2.45, 2.75) is 38.1 Å². The molecule has 192 valence electrons. The van der Waals surface area contributed by atoms with Gasteiger partial charge in [0.2, 0.25) is 0 Å². The number of nitro benzene ring substituents is 1. The fourth-order valence-corrected chi connectivity index (χ4v) is 5.49. The number of piperidine rings is 2. The summed E-state index contributed by atoms with van der Waals surface area (Å²) in [6.45, 7) is 2.24. The summed E-state index contributed by atoms with van der Waals surface area (Å²) in [7, 11) is 0. The molecule has 3 aromatic rings. The Hall–Kier alpha value is -3.72. The molecule has 2 aliphatic rings. The van der Waals surface area contributed by atoms with Gasteiger partial charge in [-0.3, -0.25) is 24.7 Å². The first-order valence-corrected chi connectivity index (χ1v) is 13.0. The van der Waals surface area contributed by atoms with Crippen LogP contribution in [0.1, 0.15) is 52.8 Å². The Morgan fingerprint density at radius 1 is 0.973 bits per heavy atom. The van der Waals surface area contributed by atoms with E-state index in [0.29, 0.717) is 37.4 Å². The number of nitro groups is 1. The number of hydrogen-bond acceptors (Lipinski definition) is 6. The number of aromatic nitrogens is 1. The average Bonchev–Trinajstić information content (AvgIpc) is 2.93. The molecular formula is C27H28ClN5O4. The highest BCUT2D eigenvalue weighted by atomic mass is 35.5. The Labute approximate surface area is 219 Å². The molecule has 0 saturated carbocycles. The number of nitrogens with one attached hydrogen (secondary N) is 1. The largest absolute Gasteiger partial charge is 0.379 e. The minimum Gasteiger partial charge on any atom is -0.379 e. The van der Waals surface area contributed by atoms with E-state index < -0.39 is 4.92 Å². The second kappa shape index (κ2) is 10.7.